The van der Waals surface area contributed by atoms with Crippen molar-refractivity contribution in [2.24, 2.45) is 5.92 Å². The number of benzene rings is 1. The first-order chi connectivity index (χ1) is 8.00. The lowest BCUT2D eigenvalue weighted by Gasteiger charge is -2.09. The minimum Gasteiger partial charge on any atom is -0.398 e. The van der Waals surface area contributed by atoms with Gasteiger partial charge in [-0.25, -0.2) is 0 Å². The maximum atomic E-state index is 11.6. The number of nitrogens with one attached hydrogen (secondary N) is 1. The number of nitrogens with two attached hydrogens (primary N) is 1. The molecule has 17 heavy (non-hydrogen) atoms. The highest BCUT2D eigenvalue weighted by atomic mass is 16.2. The van der Waals surface area contributed by atoms with Crippen LogP contribution in [0, 0.1) is 5.92 Å². The number of carbonyl (C=O) groups excluding carboxylic acids is 2. The molecule has 0 atom stereocenters. The van der Waals surface area contributed by atoms with Crippen molar-refractivity contribution in [2.45, 2.75) is 26.7 Å². The van der Waals surface area contributed by atoms with E-state index in [-0.39, 0.29) is 11.8 Å². The molecule has 0 aliphatic carbocycles. The molecule has 4 nitrogen and oxygen atoms in total. The van der Waals surface area contributed by atoms with Gasteiger partial charge in [0.05, 0.1) is 11.1 Å². The van der Waals surface area contributed by atoms with Crippen LogP contribution in [0.15, 0.2) is 12.1 Å². The number of amides is 2. The first-order valence-electron chi connectivity index (χ1n) is 5.77. The molecule has 1 aromatic rings. The first kappa shape index (κ1) is 11.6. The molecule has 1 aliphatic rings. The fourth-order valence-electron chi connectivity index (χ4n) is 1.99. The average molecular weight is 232 g/mol. The Hall–Kier alpha value is -1.84. The van der Waals surface area contributed by atoms with Crippen molar-refractivity contribution < 1.29 is 9.59 Å². The van der Waals surface area contributed by atoms with Crippen molar-refractivity contribution in [2.75, 3.05) is 5.73 Å². The van der Waals surface area contributed by atoms with Crippen LogP contribution in [0.4, 0.5) is 5.69 Å². The molecule has 0 aromatic heterocycles. The highest BCUT2D eigenvalue weighted by molar-refractivity contribution is 6.23. The number of hydrogen-bond donors (Lipinski definition) is 2. The summed E-state index contributed by atoms with van der Waals surface area (Å²) in [6, 6.07) is 3.52. The van der Waals surface area contributed by atoms with Crippen molar-refractivity contribution in [3.63, 3.8) is 0 Å². The van der Waals surface area contributed by atoms with Crippen LogP contribution in [0.1, 0.15) is 46.5 Å². The Morgan fingerprint density at radius 2 is 1.94 bits per heavy atom. The van der Waals surface area contributed by atoms with E-state index in [0.717, 1.165) is 18.4 Å². The van der Waals surface area contributed by atoms with Gasteiger partial charge in [-0.3, -0.25) is 14.9 Å². The first-order valence-corrected chi connectivity index (χ1v) is 5.77. The summed E-state index contributed by atoms with van der Waals surface area (Å²) in [5, 5.41) is 2.26. The van der Waals surface area contributed by atoms with Crippen LogP contribution in [0.25, 0.3) is 0 Å². The van der Waals surface area contributed by atoms with Crippen LogP contribution in [-0.2, 0) is 6.42 Å². The topological polar surface area (TPSA) is 72.2 Å². The third kappa shape index (κ3) is 2.02. The number of hydrogen-bond acceptors (Lipinski definition) is 3. The fraction of sp³-hybridized carbons (Fsp3) is 0.385. The normalized spacial score (nSPS) is 14.1. The van der Waals surface area contributed by atoms with Crippen LogP contribution >= 0.6 is 0 Å². The highest BCUT2D eigenvalue weighted by Gasteiger charge is 2.29. The zero-order chi connectivity index (χ0) is 12.6. The molecule has 0 unspecified atom stereocenters. The summed E-state index contributed by atoms with van der Waals surface area (Å²) in [6.45, 7) is 4.28. The number of fused-ring (bicyclic) bond motifs is 1. The lowest BCUT2D eigenvalue weighted by Crippen LogP contribution is -2.20. The minimum atomic E-state index is -0.381. The quantitative estimate of drug-likeness (QED) is 0.616. The van der Waals surface area contributed by atoms with Gasteiger partial charge >= 0.3 is 0 Å². The number of rotatable bonds is 3. The van der Waals surface area contributed by atoms with Gasteiger partial charge in [-0.2, -0.15) is 0 Å². The second-order valence-corrected chi connectivity index (χ2v) is 4.78. The summed E-state index contributed by atoms with van der Waals surface area (Å²) >= 11 is 0. The van der Waals surface area contributed by atoms with Gasteiger partial charge in [-0.15, -0.1) is 0 Å². The SMILES string of the molecule is CC(C)CCc1ccc2c(c1N)C(=O)NC2=O. The monoisotopic (exact) mass is 232 g/mol. The molecule has 2 rings (SSSR count). The molecular weight excluding hydrogens is 216 g/mol. The molecule has 0 bridgehead atoms. The predicted octanol–water partition coefficient (Wildman–Crippen LogP) is 1.74. The highest BCUT2D eigenvalue weighted by Crippen LogP contribution is 2.27. The van der Waals surface area contributed by atoms with E-state index in [1.54, 1.807) is 6.07 Å². The van der Waals surface area contributed by atoms with Gasteiger partial charge in [-0.05, 0) is 30.4 Å². The van der Waals surface area contributed by atoms with E-state index in [1.807, 2.05) is 6.07 Å². The van der Waals surface area contributed by atoms with E-state index < -0.39 is 0 Å². The second-order valence-electron chi connectivity index (χ2n) is 4.78. The molecule has 1 aromatic carbocycles. The Morgan fingerprint density at radius 1 is 1.24 bits per heavy atom. The summed E-state index contributed by atoms with van der Waals surface area (Å²) in [5.41, 5.74) is 8.09. The third-order valence-corrected chi connectivity index (χ3v) is 3.03. The van der Waals surface area contributed by atoms with Crippen molar-refractivity contribution in [1.82, 2.24) is 5.32 Å². The molecule has 1 aliphatic heterocycles. The van der Waals surface area contributed by atoms with Gasteiger partial charge in [0.15, 0.2) is 0 Å². The van der Waals surface area contributed by atoms with Crippen LogP contribution in [0.2, 0.25) is 0 Å². The zero-order valence-electron chi connectivity index (χ0n) is 10.0. The Labute approximate surface area is 100 Å². The lowest BCUT2D eigenvalue weighted by atomic mass is 9.97. The second kappa shape index (κ2) is 4.20. The lowest BCUT2D eigenvalue weighted by molar-refractivity contribution is 0.0880. The van der Waals surface area contributed by atoms with Crippen molar-refractivity contribution >= 4 is 17.5 Å². The molecule has 0 fully saturated rings. The molecule has 0 radical (unpaired) electrons. The summed E-state index contributed by atoms with van der Waals surface area (Å²) in [7, 11) is 0. The van der Waals surface area contributed by atoms with Gasteiger partial charge in [0.2, 0.25) is 0 Å². The van der Waals surface area contributed by atoms with Gasteiger partial charge in [0, 0.05) is 5.69 Å². The molecule has 4 heteroatoms. The maximum Gasteiger partial charge on any atom is 0.261 e. The van der Waals surface area contributed by atoms with Gasteiger partial charge in [0.25, 0.3) is 11.8 Å². The summed E-state index contributed by atoms with van der Waals surface area (Å²) in [5.74, 6) is -0.154. The smallest absolute Gasteiger partial charge is 0.261 e. The molecular formula is C13H16N2O2. The van der Waals surface area contributed by atoms with E-state index in [0.29, 0.717) is 22.7 Å². The van der Waals surface area contributed by atoms with E-state index in [9.17, 15) is 9.59 Å². The number of carbonyl (C=O) groups is 2. The Balaban J connectivity index is 2.36. The number of aryl methyl sites for hydroxylation is 1. The standard InChI is InChI=1S/C13H16N2O2/c1-7(2)3-4-8-5-6-9-10(11(8)14)13(17)15-12(9)16/h5-7H,3-4,14H2,1-2H3,(H,15,16,17). The van der Waals surface area contributed by atoms with E-state index in [2.05, 4.69) is 19.2 Å². The summed E-state index contributed by atoms with van der Waals surface area (Å²) < 4.78 is 0. The largest absolute Gasteiger partial charge is 0.398 e. The zero-order valence-corrected chi connectivity index (χ0v) is 10.0. The molecule has 0 saturated heterocycles. The number of anilines is 1. The van der Waals surface area contributed by atoms with Crippen molar-refractivity contribution in [3.05, 3.63) is 28.8 Å². The van der Waals surface area contributed by atoms with Gasteiger partial charge < -0.3 is 5.73 Å². The van der Waals surface area contributed by atoms with Crippen LogP contribution in [0.3, 0.4) is 0 Å². The van der Waals surface area contributed by atoms with Crippen LogP contribution in [0.5, 0.6) is 0 Å². The Kier molecular flexibility index (Phi) is 2.88. The maximum absolute atomic E-state index is 11.6. The average Bonchev–Trinajstić information content (AvgIpc) is 2.54. The van der Waals surface area contributed by atoms with Crippen LogP contribution < -0.4 is 11.1 Å². The Bertz CT molecular complexity index is 492. The number of imide groups is 1. The van der Waals surface area contributed by atoms with E-state index in [4.69, 9.17) is 5.73 Å². The van der Waals surface area contributed by atoms with Gasteiger partial charge in [-0.1, -0.05) is 19.9 Å². The Morgan fingerprint density at radius 3 is 2.59 bits per heavy atom. The fourth-order valence-corrected chi connectivity index (χ4v) is 1.99. The molecule has 2 amide bonds. The van der Waals surface area contributed by atoms with Crippen molar-refractivity contribution in [1.29, 1.82) is 0 Å². The summed E-state index contributed by atoms with van der Waals surface area (Å²) in [6.07, 6.45) is 1.84. The summed E-state index contributed by atoms with van der Waals surface area (Å²) in [4.78, 5) is 23.0. The van der Waals surface area contributed by atoms with Crippen LogP contribution in [-0.4, -0.2) is 11.8 Å². The van der Waals surface area contributed by atoms with E-state index >= 15 is 0 Å². The molecule has 3 N–H and O–H groups in total. The molecule has 0 spiro atoms. The van der Waals surface area contributed by atoms with Gasteiger partial charge in [0.1, 0.15) is 0 Å². The predicted molar refractivity (Wildman–Crippen MR) is 65.8 cm³/mol. The molecule has 90 valence electrons. The molecule has 1 heterocycles. The van der Waals surface area contributed by atoms with E-state index in [1.165, 1.54) is 0 Å². The minimum absolute atomic E-state index is 0.344. The number of nitrogen functional groups attached to an aromatic ring is 1. The van der Waals surface area contributed by atoms with Crippen molar-refractivity contribution in [3.8, 4) is 0 Å². The third-order valence-electron chi connectivity index (χ3n) is 3.03. The molecule has 0 saturated carbocycles.